The lowest BCUT2D eigenvalue weighted by atomic mass is 10.2. The first-order valence-corrected chi connectivity index (χ1v) is 9.06. The van der Waals surface area contributed by atoms with Crippen molar-refractivity contribution in [3.8, 4) is 0 Å². The molecule has 0 radical (unpaired) electrons. The molecule has 3 aromatic rings. The van der Waals surface area contributed by atoms with Gasteiger partial charge in [0.15, 0.2) is 17.4 Å². The highest BCUT2D eigenvalue weighted by molar-refractivity contribution is 5.79. The molecule has 0 atom stereocenters. The summed E-state index contributed by atoms with van der Waals surface area (Å²) in [5, 5.41) is 17.1. The molecule has 0 aliphatic rings. The second kappa shape index (κ2) is 9.22. The lowest BCUT2D eigenvalue weighted by Crippen LogP contribution is -2.39. The molecule has 3 aromatic heterocycles. The zero-order valence-electron chi connectivity index (χ0n) is 15.7. The summed E-state index contributed by atoms with van der Waals surface area (Å²) in [6.45, 7) is 3.44. The Balaban J connectivity index is 1.57. The zero-order chi connectivity index (χ0) is 20.7. The molecule has 0 aliphatic carbocycles. The molecule has 3 heterocycles. The number of aliphatic imine (C=N–C) groups is 1. The first-order chi connectivity index (χ1) is 14.0. The molecule has 11 heteroatoms. The molecule has 0 spiro atoms. The average Bonchev–Trinajstić information content (AvgIpc) is 3.12. The van der Waals surface area contributed by atoms with Crippen LogP contribution in [0.5, 0.6) is 0 Å². The van der Waals surface area contributed by atoms with E-state index < -0.39 is 11.7 Å². The van der Waals surface area contributed by atoms with Gasteiger partial charge in [-0.05, 0) is 31.2 Å². The molecule has 0 saturated carbocycles. The maximum absolute atomic E-state index is 13.0. The van der Waals surface area contributed by atoms with Crippen molar-refractivity contribution in [2.75, 3.05) is 25.0 Å². The van der Waals surface area contributed by atoms with Crippen molar-refractivity contribution in [2.24, 2.45) is 4.99 Å². The van der Waals surface area contributed by atoms with Gasteiger partial charge in [0.25, 0.3) is 0 Å². The fourth-order valence-corrected chi connectivity index (χ4v) is 2.63. The summed E-state index contributed by atoms with van der Waals surface area (Å²) in [6, 6.07) is 7.86. The Morgan fingerprint density at radius 2 is 1.97 bits per heavy atom. The molecule has 0 unspecified atom stereocenters. The third-order valence-corrected chi connectivity index (χ3v) is 3.93. The fourth-order valence-electron chi connectivity index (χ4n) is 2.63. The van der Waals surface area contributed by atoms with Crippen LogP contribution in [-0.4, -0.2) is 45.2 Å². The van der Waals surface area contributed by atoms with Crippen molar-refractivity contribution in [2.45, 2.75) is 19.6 Å². The monoisotopic (exact) mass is 406 g/mol. The van der Waals surface area contributed by atoms with Crippen molar-refractivity contribution < 1.29 is 13.2 Å². The number of anilines is 1. The van der Waals surface area contributed by atoms with E-state index in [0.717, 1.165) is 11.7 Å². The molecule has 8 nitrogen and oxygen atoms in total. The van der Waals surface area contributed by atoms with E-state index in [9.17, 15) is 13.2 Å². The summed E-state index contributed by atoms with van der Waals surface area (Å²) < 4.78 is 40.8. The van der Waals surface area contributed by atoms with Gasteiger partial charge in [-0.3, -0.25) is 4.40 Å². The molecule has 0 bridgehead atoms. The molecule has 0 amide bonds. The second-order valence-corrected chi connectivity index (χ2v) is 5.99. The topological polar surface area (TPSA) is 91.5 Å². The van der Waals surface area contributed by atoms with Crippen molar-refractivity contribution in [3.05, 3.63) is 54.1 Å². The molecule has 0 saturated heterocycles. The number of rotatable bonds is 7. The van der Waals surface area contributed by atoms with Crippen molar-refractivity contribution in [1.29, 1.82) is 0 Å². The molecule has 29 heavy (non-hydrogen) atoms. The summed E-state index contributed by atoms with van der Waals surface area (Å²) in [4.78, 5) is 8.23. The third-order valence-electron chi connectivity index (χ3n) is 3.93. The number of alkyl halides is 3. The van der Waals surface area contributed by atoms with E-state index in [-0.39, 0.29) is 12.4 Å². The minimum absolute atomic E-state index is 0.196. The van der Waals surface area contributed by atoms with Crippen LogP contribution in [0.4, 0.5) is 19.0 Å². The van der Waals surface area contributed by atoms with Crippen LogP contribution in [0.3, 0.4) is 0 Å². The number of nitrogens with one attached hydrogen (secondary N) is 3. The molecule has 3 N–H and O–H groups in total. The summed E-state index contributed by atoms with van der Waals surface area (Å²) in [5.41, 5.74) is -0.0602. The van der Waals surface area contributed by atoms with Crippen LogP contribution >= 0.6 is 0 Å². The van der Waals surface area contributed by atoms with E-state index in [0.29, 0.717) is 31.4 Å². The summed E-state index contributed by atoms with van der Waals surface area (Å²) in [6.07, 6.45) is -1.28. The van der Waals surface area contributed by atoms with Crippen LogP contribution < -0.4 is 16.0 Å². The highest BCUT2D eigenvalue weighted by Crippen LogP contribution is 2.33. The predicted molar refractivity (Wildman–Crippen MR) is 104 cm³/mol. The standard InChI is InChI=1S/C18H21F3N8/c1-2-22-17(26-12-15-28-27-14-7-3-4-11-29(14)15)25-10-9-24-16-13(18(19,20)21)6-5-8-23-16/h3-8,11H,2,9-10,12H2,1H3,(H,23,24)(H2,22,25,26). The van der Waals surface area contributed by atoms with Crippen LogP contribution in [0.1, 0.15) is 18.3 Å². The Labute approximate surface area is 165 Å². The van der Waals surface area contributed by atoms with E-state index in [2.05, 4.69) is 36.1 Å². The van der Waals surface area contributed by atoms with E-state index in [1.54, 1.807) is 0 Å². The van der Waals surface area contributed by atoms with Crippen LogP contribution in [0, 0.1) is 0 Å². The normalized spacial score (nSPS) is 12.2. The van der Waals surface area contributed by atoms with E-state index in [1.165, 1.54) is 12.3 Å². The van der Waals surface area contributed by atoms with Crippen LogP contribution in [0.25, 0.3) is 5.65 Å². The minimum Gasteiger partial charge on any atom is -0.368 e. The molecular weight excluding hydrogens is 385 g/mol. The van der Waals surface area contributed by atoms with Gasteiger partial charge in [-0.2, -0.15) is 13.2 Å². The van der Waals surface area contributed by atoms with Gasteiger partial charge in [-0.1, -0.05) is 6.07 Å². The molecule has 154 valence electrons. The molecule has 0 aliphatic heterocycles. The number of fused-ring (bicyclic) bond motifs is 1. The van der Waals surface area contributed by atoms with Crippen molar-refractivity contribution in [1.82, 2.24) is 30.2 Å². The van der Waals surface area contributed by atoms with E-state index >= 15 is 0 Å². The first kappa shape index (κ1) is 20.4. The van der Waals surface area contributed by atoms with E-state index in [1.807, 2.05) is 35.7 Å². The van der Waals surface area contributed by atoms with Crippen molar-refractivity contribution >= 4 is 17.4 Å². The molecule has 0 fully saturated rings. The lowest BCUT2D eigenvalue weighted by Gasteiger charge is -2.14. The maximum atomic E-state index is 13.0. The van der Waals surface area contributed by atoms with Gasteiger partial charge in [0.1, 0.15) is 12.4 Å². The molecule has 0 aromatic carbocycles. The summed E-state index contributed by atoms with van der Waals surface area (Å²) >= 11 is 0. The quantitative estimate of drug-likeness (QED) is 0.317. The number of aromatic nitrogens is 4. The number of hydrogen-bond acceptors (Lipinski definition) is 5. The number of nitrogens with zero attached hydrogens (tertiary/aromatic N) is 5. The van der Waals surface area contributed by atoms with Gasteiger partial charge < -0.3 is 16.0 Å². The smallest absolute Gasteiger partial charge is 0.368 e. The lowest BCUT2D eigenvalue weighted by molar-refractivity contribution is -0.137. The van der Waals surface area contributed by atoms with Crippen molar-refractivity contribution in [3.63, 3.8) is 0 Å². The van der Waals surface area contributed by atoms with Gasteiger partial charge in [-0.15, -0.1) is 10.2 Å². The van der Waals surface area contributed by atoms with Crippen LogP contribution in [-0.2, 0) is 12.7 Å². The van der Waals surface area contributed by atoms with Gasteiger partial charge in [0.05, 0.1) is 5.56 Å². The van der Waals surface area contributed by atoms with Crippen LogP contribution in [0.2, 0.25) is 0 Å². The fraction of sp³-hybridized carbons (Fsp3) is 0.333. The highest BCUT2D eigenvalue weighted by Gasteiger charge is 2.33. The Kier molecular flexibility index (Phi) is 6.47. The summed E-state index contributed by atoms with van der Waals surface area (Å²) in [5.74, 6) is 1.01. The third kappa shape index (κ3) is 5.33. The van der Waals surface area contributed by atoms with Crippen LogP contribution in [0.15, 0.2) is 47.7 Å². The Bertz CT molecular complexity index is 967. The number of halogens is 3. The minimum atomic E-state index is -4.46. The number of guanidine groups is 1. The maximum Gasteiger partial charge on any atom is 0.419 e. The van der Waals surface area contributed by atoms with E-state index in [4.69, 9.17) is 0 Å². The predicted octanol–water partition coefficient (Wildman–Crippen LogP) is 2.31. The van der Waals surface area contributed by atoms with Gasteiger partial charge in [-0.25, -0.2) is 9.98 Å². The molecule has 3 rings (SSSR count). The first-order valence-electron chi connectivity index (χ1n) is 9.06. The number of pyridine rings is 2. The second-order valence-electron chi connectivity index (χ2n) is 5.99. The highest BCUT2D eigenvalue weighted by atomic mass is 19.4. The SMILES string of the molecule is CCNC(=NCc1nnc2ccccn12)NCCNc1ncccc1C(F)(F)F. The average molecular weight is 406 g/mol. The Morgan fingerprint density at radius 1 is 1.10 bits per heavy atom. The van der Waals surface area contributed by atoms with Gasteiger partial charge >= 0.3 is 6.18 Å². The summed E-state index contributed by atoms with van der Waals surface area (Å²) in [7, 11) is 0. The Morgan fingerprint density at radius 3 is 2.76 bits per heavy atom. The number of hydrogen-bond donors (Lipinski definition) is 3. The zero-order valence-corrected chi connectivity index (χ0v) is 15.7. The largest absolute Gasteiger partial charge is 0.419 e. The van der Waals surface area contributed by atoms with Gasteiger partial charge in [0.2, 0.25) is 0 Å². The Hall–Kier alpha value is -3.37. The molecular formula is C18H21F3N8. The van der Waals surface area contributed by atoms with Gasteiger partial charge in [0, 0.05) is 32.0 Å².